The van der Waals surface area contributed by atoms with E-state index in [1.807, 2.05) is 6.07 Å². The molecule has 5 heteroatoms. The van der Waals surface area contributed by atoms with Crippen LogP contribution in [0.15, 0.2) is 18.5 Å². The first-order chi connectivity index (χ1) is 7.72. The lowest BCUT2D eigenvalue weighted by atomic mass is 10.2. The molecule has 1 aromatic rings. The summed E-state index contributed by atoms with van der Waals surface area (Å²) in [4.78, 5) is 17.6. The van der Waals surface area contributed by atoms with Crippen molar-refractivity contribution in [2.75, 3.05) is 25.1 Å². The molecule has 5 nitrogen and oxygen atoms in total. The first-order valence-electron chi connectivity index (χ1n) is 5.25. The Morgan fingerprint density at radius 3 is 3.12 bits per heavy atom. The summed E-state index contributed by atoms with van der Waals surface area (Å²) in [7, 11) is 1.37. The normalized spacial score (nSPS) is 19.9. The highest BCUT2D eigenvalue weighted by atomic mass is 16.5. The SMILES string of the molecule is COC(=O)c1cnccc1N1CCC(N)C1. The number of nitrogens with zero attached hydrogens (tertiary/aromatic N) is 2. The molecule has 2 N–H and O–H groups in total. The quantitative estimate of drug-likeness (QED) is 0.732. The number of nitrogens with two attached hydrogens (primary N) is 1. The van der Waals surface area contributed by atoms with Crippen molar-refractivity contribution in [1.82, 2.24) is 4.98 Å². The van der Waals surface area contributed by atoms with Crippen molar-refractivity contribution in [2.45, 2.75) is 12.5 Å². The highest BCUT2D eigenvalue weighted by Gasteiger charge is 2.23. The van der Waals surface area contributed by atoms with E-state index >= 15 is 0 Å². The standard InChI is InChI=1S/C11H15N3O2/c1-16-11(15)9-6-13-4-2-10(9)14-5-3-8(12)7-14/h2,4,6,8H,3,5,7,12H2,1H3. The van der Waals surface area contributed by atoms with Gasteiger partial charge in [0.05, 0.1) is 12.8 Å². The van der Waals surface area contributed by atoms with Gasteiger partial charge in [0, 0.05) is 31.5 Å². The van der Waals surface area contributed by atoms with Crippen LogP contribution in [0.4, 0.5) is 5.69 Å². The van der Waals surface area contributed by atoms with E-state index in [2.05, 4.69) is 9.88 Å². The van der Waals surface area contributed by atoms with Crippen molar-refractivity contribution >= 4 is 11.7 Å². The number of hydrogen-bond donors (Lipinski definition) is 1. The van der Waals surface area contributed by atoms with Crippen LogP contribution >= 0.6 is 0 Å². The van der Waals surface area contributed by atoms with E-state index in [1.165, 1.54) is 13.3 Å². The van der Waals surface area contributed by atoms with Gasteiger partial charge >= 0.3 is 5.97 Å². The molecular weight excluding hydrogens is 206 g/mol. The van der Waals surface area contributed by atoms with Gasteiger partial charge in [-0.1, -0.05) is 0 Å². The van der Waals surface area contributed by atoms with E-state index in [9.17, 15) is 4.79 Å². The van der Waals surface area contributed by atoms with Crippen LogP contribution in [0.5, 0.6) is 0 Å². The molecule has 1 atom stereocenters. The van der Waals surface area contributed by atoms with Gasteiger partial charge in [0.25, 0.3) is 0 Å². The van der Waals surface area contributed by atoms with Crippen LogP contribution < -0.4 is 10.6 Å². The first kappa shape index (κ1) is 10.9. The molecule has 1 saturated heterocycles. The Morgan fingerprint density at radius 1 is 1.69 bits per heavy atom. The van der Waals surface area contributed by atoms with Crippen LogP contribution in [-0.4, -0.2) is 37.2 Å². The van der Waals surface area contributed by atoms with E-state index < -0.39 is 0 Å². The summed E-state index contributed by atoms with van der Waals surface area (Å²) in [6, 6.07) is 2.00. The Balaban J connectivity index is 2.29. The fraction of sp³-hybridized carbons (Fsp3) is 0.455. The van der Waals surface area contributed by atoms with Gasteiger partial charge in [0.1, 0.15) is 5.56 Å². The second-order valence-corrected chi connectivity index (χ2v) is 3.88. The van der Waals surface area contributed by atoms with Crippen LogP contribution in [0.25, 0.3) is 0 Å². The maximum Gasteiger partial charge on any atom is 0.341 e. The number of ether oxygens (including phenoxy) is 1. The third kappa shape index (κ3) is 1.99. The summed E-state index contributed by atoms with van der Waals surface area (Å²) >= 11 is 0. The van der Waals surface area contributed by atoms with Crippen molar-refractivity contribution in [3.8, 4) is 0 Å². The Kier molecular flexibility index (Phi) is 3.05. The summed E-state index contributed by atoms with van der Waals surface area (Å²) in [5.74, 6) is -0.358. The fourth-order valence-corrected chi connectivity index (χ4v) is 1.94. The Labute approximate surface area is 94.2 Å². The summed E-state index contributed by atoms with van der Waals surface area (Å²) in [6.07, 6.45) is 4.15. The molecule has 0 aromatic carbocycles. The molecule has 0 radical (unpaired) electrons. The van der Waals surface area contributed by atoms with Gasteiger partial charge in [0.15, 0.2) is 0 Å². The van der Waals surface area contributed by atoms with Crippen LogP contribution in [0.1, 0.15) is 16.8 Å². The minimum Gasteiger partial charge on any atom is -0.465 e. The lowest BCUT2D eigenvalue weighted by molar-refractivity contribution is 0.0601. The largest absolute Gasteiger partial charge is 0.465 e. The highest BCUT2D eigenvalue weighted by Crippen LogP contribution is 2.23. The number of aromatic nitrogens is 1. The molecule has 1 unspecified atom stereocenters. The smallest absolute Gasteiger partial charge is 0.341 e. The maximum absolute atomic E-state index is 11.6. The summed E-state index contributed by atoms with van der Waals surface area (Å²) in [5.41, 5.74) is 7.20. The second-order valence-electron chi connectivity index (χ2n) is 3.88. The zero-order valence-electron chi connectivity index (χ0n) is 9.22. The van der Waals surface area contributed by atoms with Gasteiger partial charge in [-0.3, -0.25) is 4.98 Å². The minimum atomic E-state index is -0.358. The topological polar surface area (TPSA) is 68.5 Å². The van der Waals surface area contributed by atoms with Gasteiger partial charge in [0.2, 0.25) is 0 Å². The fourth-order valence-electron chi connectivity index (χ4n) is 1.94. The average molecular weight is 221 g/mol. The molecule has 1 fully saturated rings. The monoisotopic (exact) mass is 221 g/mol. The van der Waals surface area contributed by atoms with Crippen LogP contribution in [0.2, 0.25) is 0 Å². The summed E-state index contributed by atoms with van der Waals surface area (Å²) in [5, 5.41) is 0. The molecule has 1 aliphatic rings. The van der Waals surface area contributed by atoms with Crippen molar-refractivity contribution in [3.63, 3.8) is 0 Å². The molecular formula is C11H15N3O2. The van der Waals surface area contributed by atoms with Crippen molar-refractivity contribution in [2.24, 2.45) is 5.73 Å². The summed E-state index contributed by atoms with van der Waals surface area (Å²) < 4.78 is 4.73. The van der Waals surface area contributed by atoms with E-state index in [0.717, 1.165) is 25.2 Å². The Hall–Kier alpha value is -1.62. The number of rotatable bonds is 2. The molecule has 16 heavy (non-hydrogen) atoms. The zero-order chi connectivity index (χ0) is 11.5. The number of pyridine rings is 1. The van der Waals surface area contributed by atoms with Gasteiger partial charge in [-0.2, -0.15) is 0 Å². The number of esters is 1. The van der Waals surface area contributed by atoms with E-state index in [1.54, 1.807) is 6.20 Å². The third-order valence-electron chi connectivity index (χ3n) is 2.77. The predicted octanol–water partition coefficient (Wildman–Crippen LogP) is 0.406. The van der Waals surface area contributed by atoms with Gasteiger partial charge < -0.3 is 15.4 Å². The average Bonchev–Trinajstić information content (AvgIpc) is 2.75. The van der Waals surface area contributed by atoms with Crippen molar-refractivity contribution in [3.05, 3.63) is 24.0 Å². The molecule has 0 spiro atoms. The Bertz CT molecular complexity index is 395. The van der Waals surface area contributed by atoms with Crippen LogP contribution in [-0.2, 0) is 4.74 Å². The zero-order valence-corrected chi connectivity index (χ0v) is 9.22. The van der Waals surface area contributed by atoms with Gasteiger partial charge in [-0.25, -0.2) is 4.79 Å². The maximum atomic E-state index is 11.6. The number of carbonyl (C=O) groups excluding carboxylic acids is 1. The second kappa shape index (κ2) is 4.49. The van der Waals surface area contributed by atoms with Crippen molar-refractivity contribution < 1.29 is 9.53 Å². The first-order valence-corrected chi connectivity index (χ1v) is 5.25. The highest BCUT2D eigenvalue weighted by molar-refractivity contribution is 5.95. The van der Waals surface area contributed by atoms with Gasteiger partial charge in [-0.05, 0) is 12.5 Å². The molecule has 2 heterocycles. The van der Waals surface area contributed by atoms with Crippen LogP contribution in [0, 0.1) is 0 Å². The molecule has 0 aliphatic carbocycles. The molecule has 0 amide bonds. The molecule has 2 rings (SSSR count). The number of carbonyl (C=O) groups is 1. The molecule has 0 saturated carbocycles. The van der Waals surface area contributed by atoms with Crippen LogP contribution in [0.3, 0.4) is 0 Å². The predicted molar refractivity (Wildman–Crippen MR) is 60.4 cm³/mol. The number of methoxy groups -OCH3 is 1. The third-order valence-corrected chi connectivity index (χ3v) is 2.77. The summed E-state index contributed by atoms with van der Waals surface area (Å²) in [6.45, 7) is 1.64. The number of hydrogen-bond acceptors (Lipinski definition) is 5. The van der Waals surface area contributed by atoms with E-state index in [-0.39, 0.29) is 12.0 Å². The minimum absolute atomic E-state index is 0.179. The lowest BCUT2D eigenvalue weighted by Crippen LogP contribution is -2.27. The van der Waals surface area contributed by atoms with Gasteiger partial charge in [-0.15, -0.1) is 0 Å². The van der Waals surface area contributed by atoms with Crippen molar-refractivity contribution in [1.29, 1.82) is 0 Å². The molecule has 0 bridgehead atoms. The Morgan fingerprint density at radius 2 is 2.50 bits per heavy atom. The number of anilines is 1. The van der Waals surface area contributed by atoms with E-state index in [4.69, 9.17) is 10.5 Å². The molecule has 1 aliphatic heterocycles. The lowest BCUT2D eigenvalue weighted by Gasteiger charge is -2.20. The molecule has 1 aromatic heterocycles. The molecule has 86 valence electrons. The van der Waals surface area contributed by atoms with E-state index in [0.29, 0.717) is 5.56 Å².